The molecule has 21 heavy (non-hydrogen) atoms. The van der Waals surface area contributed by atoms with Gasteiger partial charge in [0.05, 0.1) is 6.17 Å². The molecule has 2 heterocycles. The first kappa shape index (κ1) is 17.6. The summed E-state index contributed by atoms with van der Waals surface area (Å²) in [6.45, 7) is 8.28. The summed E-state index contributed by atoms with van der Waals surface area (Å²) in [5, 5.41) is 13.0. The van der Waals surface area contributed by atoms with Crippen molar-refractivity contribution in [1.82, 2.24) is 15.3 Å². The maximum absolute atomic E-state index is 11.4. The predicted octanol–water partition coefficient (Wildman–Crippen LogP) is 0.873. The number of ether oxygens (including phenoxy) is 1. The van der Waals surface area contributed by atoms with Crippen molar-refractivity contribution in [3.05, 3.63) is 24.4 Å². The molecule has 2 aliphatic rings. The van der Waals surface area contributed by atoms with E-state index in [1.54, 1.807) is 6.20 Å². The number of rotatable bonds is 0. The van der Waals surface area contributed by atoms with E-state index in [2.05, 4.69) is 5.32 Å². The standard InChI is InChI=1S/C10H15NO2.C4H11N3O/c1-10(2,3)13-9(12)11-7-5-4-6-8-11;5-4-3-6-1-2-7(4)8/h4-7H,8H2,1-3H3;4,6,8H,1-3,5H2. The number of nitrogens with zero attached hydrogens (tertiary/aromatic N) is 2. The second-order valence-corrected chi connectivity index (χ2v) is 5.84. The summed E-state index contributed by atoms with van der Waals surface area (Å²) in [6, 6.07) is 0. The van der Waals surface area contributed by atoms with Gasteiger partial charge in [-0.1, -0.05) is 12.2 Å². The van der Waals surface area contributed by atoms with Crippen LogP contribution in [0, 0.1) is 0 Å². The van der Waals surface area contributed by atoms with Crippen LogP contribution in [0.5, 0.6) is 0 Å². The van der Waals surface area contributed by atoms with Crippen LogP contribution >= 0.6 is 0 Å². The molecule has 0 saturated carbocycles. The zero-order chi connectivity index (χ0) is 15.9. The van der Waals surface area contributed by atoms with E-state index in [0.29, 0.717) is 19.6 Å². The Balaban J connectivity index is 0.000000235. The lowest BCUT2D eigenvalue weighted by molar-refractivity contribution is -0.133. The Morgan fingerprint density at radius 2 is 2.14 bits per heavy atom. The van der Waals surface area contributed by atoms with Crippen LogP contribution in [0.15, 0.2) is 24.4 Å². The maximum Gasteiger partial charge on any atom is 0.414 e. The Labute approximate surface area is 126 Å². The third-order valence-electron chi connectivity index (χ3n) is 2.70. The van der Waals surface area contributed by atoms with Gasteiger partial charge in [0.2, 0.25) is 0 Å². The van der Waals surface area contributed by atoms with Crippen molar-refractivity contribution in [1.29, 1.82) is 0 Å². The normalized spacial score (nSPS) is 22.5. The molecule has 1 amide bonds. The highest BCUT2D eigenvalue weighted by molar-refractivity contribution is 5.70. The minimum absolute atomic E-state index is 0.219. The van der Waals surface area contributed by atoms with E-state index >= 15 is 0 Å². The summed E-state index contributed by atoms with van der Waals surface area (Å²) < 4.78 is 5.18. The number of carbonyl (C=O) groups excluding carboxylic acids is 1. The fourth-order valence-corrected chi connectivity index (χ4v) is 1.64. The number of nitrogens with one attached hydrogen (secondary N) is 1. The van der Waals surface area contributed by atoms with Gasteiger partial charge in [-0.3, -0.25) is 4.90 Å². The van der Waals surface area contributed by atoms with Crippen molar-refractivity contribution in [2.24, 2.45) is 5.73 Å². The maximum atomic E-state index is 11.4. The summed E-state index contributed by atoms with van der Waals surface area (Å²) in [6.07, 6.45) is 6.82. The molecular formula is C14H26N4O3. The van der Waals surface area contributed by atoms with Crippen molar-refractivity contribution < 1.29 is 14.7 Å². The van der Waals surface area contributed by atoms with Gasteiger partial charge in [0.15, 0.2) is 0 Å². The molecule has 1 unspecified atom stereocenters. The zero-order valence-corrected chi connectivity index (χ0v) is 13.0. The van der Waals surface area contributed by atoms with E-state index in [9.17, 15) is 4.79 Å². The van der Waals surface area contributed by atoms with Gasteiger partial charge < -0.3 is 21.0 Å². The molecule has 0 aromatic rings. The fraction of sp³-hybridized carbons (Fsp3) is 0.643. The van der Waals surface area contributed by atoms with E-state index in [1.807, 2.05) is 39.0 Å². The van der Waals surface area contributed by atoms with Crippen LogP contribution in [-0.2, 0) is 4.74 Å². The average Bonchev–Trinajstić information content (AvgIpc) is 2.42. The second-order valence-electron chi connectivity index (χ2n) is 5.84. The Kier molecular flexibility index (Phi) is 6.83. The number of piperazine rings is 1. The molecule has 7 nitrogen and oxygen atoms in total. The van der Waals surface area contributed by atoms with Crippen molar-refractivity contribution in [3.8, 4) is 0 Å². The molecule has 0 aromatic heterocycles. The van der Waals surface area contributed by atoms with Gasteiger partial charge in [0.1, 0.15) is 5.60 Å². The number of hydrogen-bond donors (Lipinski definition) is 3. The Bertz CT molecular complexity index is 380. The predicted molar refractivity (Wildman–Crippen MR) is 80.6 cm³/mol. The molecule has 0 aromatic carbocycles. The molecule has 1 atom stereocenters. The molecule has 120 valence electrons. The Hall–Kier alpha value is -1.41. The molecule has 0 spiro atoms. The van der Waals surface area contributed by atoms with E-state index in [4.69, 9.17) is 15.7 Å². The van der Waals surface area contributed by atoms with Crippen LogP contribution in [-0.4, -0.2) is 59.2 Å². The minimum Gasteiger partial charge on any atom is -0.443 e. The lowest BCUT2D eigenvalue weighted by atomic mass is 10.2. The smallest absolute Gasteiger partial charge is 0.414 e. The molecule has 1 fully saturated rings. The van der Waals surface area contributed by atoms with E-state index in [0.717, 1.165) is 11.6 Å². The molecule has 0 bridgehead atoms. The summed E-state index contributed by atoms with van der Waals surface area (Å²) in [4.78, 5) is 13.0. The average molecular weight is 298 g/mol. The van der Waals surface area contributed by atoms with Gasteiger partial charge in [-0.25, -0.2) is 4.79 Å². The first-order valence-electron chi connectivity index (χ1n) is 7.04. The zero-order valence-electron chi connectivity index (χ0n) is 13.0. The highest BCUT2D eigenvalue weighted by Gasteiger charge is 2.20. The molecule has 2 rings (SSSR count). The number of allylic oxidation sites excluding steroid dienone is 2. The molecule has 4 N–H and O–H groups in total. The lowest BCUT2D eigenvalue weighted by Crippen LogP contribution is -2.54. The summed E-state index contributed by atoms with van der Waals surface area (Å²) in [5.41, 5.74) is 4.97. The summed E-state index contributed by atoms with van der Waals surface area (Å²) in [5.74, 6) is 0. The number of hydroxylamine groups is 2. The third kappa shape index (κ3) is 7.24. The molecule has 0 radical (unpaired) electrons. The molecule has 2 aliphatic heterocycles. The fourth-order valence-electron chi connectivity index (χ4n) is 1.64. The topological polar surface area (TPSA) is 91.1 Å². The van der Waals surface area contributed by atoms with Gasteiger partial charge in [0.25, 0.3) is 0 Å². The van der Waals surface area contributed by atoms with Crippen molar-refractivity contribution in [3.63, 3.8) is 0 Å². The molecule has 0 aliphatic carbocycles. The van der Waals surface area contributed by atoms with Crippen LogP contribution in [0.25, 0.3) is 0 Å². The van der Waals surface area contributed by atoms with E-state index in [-0.39, 0.29) is 12.3 Å². The van der Waals surface area contributed by atoms with Gasteiger partial charge in [-0.15, -0.1) is 0 Å². The van der Waals surface area contributed by atoms with Gasteiger partial charge in [-0.2, -0.15) is 5.06 Å². The van der Waals surface area contributed by atoms with E-state index in [1.165, 1.54) is 4.90 Å². The largest absolute Gasteiger partial charge is 0.443 e. The first-order chi connectivity index (χ1) is 9.79. The van der Waals surface area contributed by atoms with Crippen molar-refractivity contribution in [2.45, 2.75) is 32.5 Å². The molecule has 1 saturated heterocycles. The summed E-state index contributed by atoms with van der Waals surface area (Å²) in [7, 11) is 0. The number of amides is 1. The monoisotopic (exact) mass is 298 g/mol. The van der Waals surface area contributed by atoms with Gasteiger partial charge in [0, 0.05) is 32.4 Å². The third-order valence-corrected chi connectivity index (χ3v) is 2.70. The van der Waals surface area contributed by atoms with Crippen LogP contribution < -0.4 is 11.1 Å². The first-order valence-corrected chi connectivity index (χ1v) is 7.04. The Morgan fingerprint density at radius 3 is 2.57 bits per heavy atom. The Morgan fingerprint density at radius 1 is 1.43 bits per heavy atom. The number of nitrogens with two attached hydrogens (primary N) is 1. The molecule has 7 heteroatoms. The SMILES string of the molecule is CC(C)(C)OC(=O)N1C=CC=CC1.NC1CNCCN1O. The second kappa shape index (κ2) is 8.14. The van der Waals surface area contributed by atoms with Gasteiger partial charge >= 0.3 is 6.09 Å². The summed E-state index contributed by atoms with van der Waals surface area (Å²) >= 11 is 0. The highest BCUT2D eigenvalue weighted by atomic mass is 16.6. The van der Waals surface area contributed by atoms with Crippen molar-refractivity contribution in [2.75, 3.05) is 26.2 Å². The highest BCUT2D eigenvalue weighted by Crippen LogP contribution is 2.11. The van der Waals surface area contributed by atoms with Crippen LogP contribution in [0.4, 0.5) is 4.79 Å². The van der Waals surface area contributed by atoms with Crippen LogP contribution in [0.1, 0.15) is 20.8 Å². The van der Waals surface area contributed by atoms with Crippen molar-refractivity contribution >= 4 is 6.09 Å². The molecular weight excluding hydrogens is 272 g/mol. The lowest BCUT2D eigenvalue weighted by Gasteiger charge is -2.27. The van der Waals surface area contributed by atoms with Gasteiger partial charge in [-0.05, 0) is 26.8 Å². The number of hydrogen-bond acceptors (Lipinski definition) is 6. The van der Waals surface area contributed by atoms with Crippen LogP contribution in [0.3, 0.4) is 0 Å². The number of carbonyl (C=O) groups is 1. The van der Waals surface area contributed by atoms with E-state index < -0.39 is 5.60 Å². The minimum atomic E-state index is -0.425. The van der Waals surface area contributed by atoms with Crippen LogP contribution in [0.2, 0.25) is 0 Å². The quantitative estimate of drug-likeness (QED) is 0.615.